The van der Waals surface area contributed by atoms with Gasteiger partial charge in [-0.1, -0.05) is 65.8 Å². The van der Waals surface area contributed by atoms with Crippen LogP contribution in [0.2, 0.25) is 0 Å². The lowest BCUT2D eigenvalue weighted by molar-refractivity contribution is -0.132. The molecule has 0 saturated heterocycles. The van der Waals surface area contributed by atoms with Crippen molar-refractivity contribution in [1.29, 1.82) is 0 Å². The zero-order valence-electron chi connectivity index (χ0n) is 22.0. The van der Waals surface area contributed by atoms with Crippen LogP contribution in [0.1, 0.15) is 70.2 Å². The van der Waals surface area contributed by atoms with Crippen LogP contribution in [-0.4, -0.2) is 45.9 Å². The quantitative estimate of drug-likeness (QED) is 0.414. The van der Waals surface area contributed by atoms with Crippen LogP contribution in [0, 0.1) is 5.92 Å². The van der Waals surface area contributed by atoms with Gasteiger partial charge >= 0.3 is 6.03 Å². The van der Waals surface area contributed by atoms with Crippen LogP contribution < -0.4 is 5.32 Å². The van der Waals surface area contributed by atoms with Gasteiger partial charge in [0.2, 0.25) is 5.91 Å². The average Bonchev–Trinajstić information content (AvgIpc) is 3.16. The highest BCUT2D eigenvalue weighted by molar-refractivity contribution is 5.94. The molecule has 0 aliphatic heterocycles. The van der Waals surface area contributed by atoms with E-state index in [-0.39, 0.29) is 36.9 Å². The van der Waals surface area contributed by atoms with Crippen molar-refractivity contribution in [2.24, 2.45) is 13.0 Å². The van der Waals surface area contributed by atoms with Crippen LogP contribution in [0.5, 0.6) is 0 Å². The average molecular weight is 467 g/mol. The van der Waals surface area contributed by atoms with Crippen LogP contribution in [0.3, 0.4) is 0 Å². The Bertz CT molecular complexity index is 948. The van der Waals surface area contributed by atoms with Crippen LogP contribution in [0.15, 0.2) is 49.2 Å². The standard InChI is InChI=1S/C28H42N4O2/c1-9-15-31(19-26(33)32(17-20(2)3)18-23-12-11-16-30(23)8)28(34)29-27-24(21(4)5)13-10-14-25(27)22(6)7/h9-14,16,20-22H,1,15,17-19H2,2-8H3,(H,29,34). The number of benzene rings is 1. The minimum Gasteiger partial charge on any atom is -0.353 e. The monoisotopic (exact) mass is 466 g/mol. The molecule has 0 aliphatic rings. The second kappa shape index (κ2) is 12.4. The molecule has 1 aromatic heterocycles. The van der Waals surface area contributed by atoms with Crippen LogP contribution >= 0.6 is 0 Å². The molecule has 2 rings (SSSR count). The van der Waals surface area contributed by atoms with E-state index in [4.69, 9.17) is 0 Å². The van der Waals surface area contributed by atoms with E-state index >= 15 is 0 Å². The molecule has 3 amide bonds. The van der Waals surface area contributed by atoms with Crippen LogP contribution in [0.4, 0.5) is 10.5 Å². The van der Waals surface area contributed by atoms with Crippen molar-refractivity contribution in [3.63, 3.8) is 0 Å². The van der Waals surface area contributed by atoms with Crippen molar-refractivity contribution in [2.45, 2.75) is 59.9 Å². The zero-order valence-corrected chi connectivity index (χ0v) is 22.0. The summed E-state index contributed by atoms with van der Waals surface area (Å²) in [5.74, 6) is 0.760. The maximum Gasteiger partial charge on any atom is 0.322 e. The molecule has 0 saturated carbocycles. The summed E-state index contributed by atoms with van der Waals surface area (Å²) in [7, 11) is 1.98. The summed E-state index contributed by atoms with van der Waals surface area (Å²) in [6, 6.07) is 9.86. The van der Waals surface area contributed by atoms with Crippen molar-refractivity contribution < 1.29 is 9.59 Å². The third-order valence-electron chi connectivity index (χ3n) is 5.91. The molecule has 34 heavy (non-hydrogen) atoms. The number of amides is 3. The van der Waals surface area contributed by atoms with Crippen molar-refractivity contribution in [2.75, 3.05) is 25.0 Å². The Kier molecular flexibility index (Phi) is 9.97. The molecule has 0 spiro atoms. The van der Waals surface area contributed by atoms with Gasteiger partial charge in [0.15, 0.2) is 0 Å². The second-order valence-electron chi connectivity index (χ2n) is 10.00. The first-order chi connectivity index (χ1) is 16.0. The number of nitrogens with one attached hydrogen (secondary N) is 1. The van der Waals surface area contributed by atoms with Crippen molar-refractivity contribution in [3.05, 3.63) is 66.0 Å². The molecule has 186 valence electrons. The van der Waals surface area contributed by atoms with Gasteiger partial charge in [0.05, 0.1) is 6.54 Å². The van der Waals surface area contributed by atoms with E-state index < -0.39 is 0 Å². The largest absolute Gasteiger partial charge is 0.353 e. The highest BCUT2D eigenvalue weighted by atomic mass is 16.2. The van der Waals surface area contributed by atoms with Gasteiger partial charge < -0.3 is 19.7 Å². The predicted molar refractivity (Wildman–Crippen MR) is 141 cm³/mol. The van der Waals surface area contributed by atoms with E-state index in [9.17, 15) is 9.59 Å². The maximum absolute atomic E-state index is 13.4. The Hall–Kier alpha value is -3.02. The summed E-state index contributed by atoms with van der Waals surface area (Å²) in [6.45, 7) is 17.9. The van der Waals surface area contributed by atoms with Gasteiger partial charge in [-0.25, -0.2) is 4.79 Å². The van der Waals surface area contributed by atoms with Gasteiger partial charge in [-0.2, -0.15) is 0 Å². The third kappa shape index (κ3) is 7.24. The predicted octanol–water partition coefficient (Wildman–Crippen LogP) is 5.98. The van der Waals surface area contributed by atoms with Gasteiger partial charge in [-0.05, 0) is 41.0 Å². The first kappa shape index (κ1) is 27.2. The van der Waals surface area contributed by atoms with Gasteiger partial charge in [-0.15, -0.1) is 6.58 Å². The number of carbonyl (C=O) groups is 2. The van der Waals surface area contributed by atoms with Gasteiger partial charge in [0.25, 0.3) is 0 Å². The first-order valence-corrected chi connectivity index (χ1v) is 12.2. The molecular formula is C28H42N4O2. The topological polar surface area (TPSA) is 57.6 Å². The summed E-state index contributed by atoms with van der Waals surface area (Å²) >= 11 is 0. The number of anilines is 1. The number of aromatic nitrogens is 1. The second-order valence-corrected chi connectivity index (χ2v) is 10.00. The number of urea groups is 1. The highest BCUT2D eigenvalue weighted by Crippen LogP contribution is 2.32. The lowest BCUT2D eigenvalue weighted by Gasteiger charge is -2.29. The third-order valence-corrected chi connectivity index (χ3v) is 5.91. The number of hydrogen-bond acceptors (Lipinski definition) is 2. The number of carbonyl (C=O) groups excluding carboxylic acids is 2. The van der Waals surface area contributed by atoms with E-state index in [1.165, 1.54) is 4.90 Å². The highest BCUT2D eigenvalue weighted by Gasteiger charge is 2.24. The number of nitrogens with zero attached hydrogens (tertiary/aromatic N) is 3. The van der Waals surface area contributed by atoms with Crippen LogP contribution in [0.25, 0.3) is 0 Å². The Balaban J connectivity index is 2.26. The number of rotatable bonds is 11. The fourth-order valence-corrected chi connectivity index (χ4v) is 4.07. The summed E-state index contributed by atoms with van der Waals surface area (Å²) in [5.41, 5.74) is 4.09. The molecule has 1 heterocycles. The van der Waals surface area contributed by atoms with E-state index in [0.717, 1.165) is 22.5 Å². The molecule has 1 aromatic carbocycles. The van der Waals surface area contributed by atoms with Crippen molar-refractivity contribution in [1.82, 2.24) is 14.4 Å². The molecule has 2 aromatic rings. The fourth-order valence-electron chi connectivity index (χ4n) is 4.07. The fraction of sp³-hybridized carbons (Fsp3) is 0.500. The molecule has 6 heteroatoms. The molecule has 0 aliphatic carbocycles. The minimum absolute atomic E-state index is 0.00411. The molecule has 6 nitrogen and oxygen atoms in total. The van der Waals surface area contributed by atoms with Gasteiger partial charge in [-0.3, -0.25) is 4.79 Å². The molecule has 0 atom stereocenters. The number of aryl methyl sites for hydroxylation is 1. The molecular weight excluding hydrogens is 424 g/mol. The van der Waals surface area contributed by atoms with E-state index in [0.29, 0.717) is 19.0 Å². The molecule has 0 fully saturated rings. The lowest BCUT2D eigenvalue weighted by Crippen LogP contribution is -2.45. The Morgan fingerprint density at radius 1 is 1.00 bits per heavy atom. The Morgan fingerprint density at radius 2 is 1.62 bits per heavy atom. The summed E-state index contributed by atoms with van der Waals surface area (Å²) in [5, 5.41) is 3.13. The molecule has 0 radical (unpaired) electrons. The summed E-state index contributed by atoms with van der Waals surface area (Å²) < 4.78 is 2.02. The number of para-hydroxylation sites is 1. The minimum atomic E-state index is -0.286. The van der Waals surface area contributed by atoms with Gasteiger partial charge in [0.1, 0.15) is 6.54 Å². The zero-order chi connectivity index (χ0) is 25.4. The normalized spacial score (nSPS) is 11.2. The summed E-state index contributed by atoms with van der Waals surface area (Å²) in [6.07, 6.45) is 3.64. The Morgan fingerprint density at radius 3 is 2.09 bits per heavy atom. The number of hydrogen-bond donors (Lipinski definition) is 1. The molecule has 1 N–H and O–H groups in total. The Labute approximate surface area is 205 Å². The van der Waals surface area contributed by atoms with Crippen molar-refractivity contribution in [3.8, 4) is 0 Å². The SMILES string of the molecule is C=CCN(CC(=O)N(Cc1cccn1C)CC(C)C)C(=O)Nc1c(C(C)C)cccc1C(C)C. The first-order valence-electron chi connectivity index (χ1n) is 12.2. The molecule has 0 bridgehead atoms. The smallest absolute Gasteiger partial charge is 0.322 e. The lowest BCUT2D eigenvalue weighted by atomic mass is 9.93. The van der Waals surface area contributed by atoms with Crippen LogP contribution in [-0.2, 0) is 18.4 Å². The van der Waals surface area contributed by atoms with E-state index in [1.807, 2.05) is 40.9 Å². The summed E-state index contributed by atoms with van der Waals surface area (Å²) in [4.78, 5) is 30.1. The van der Waals surface area contributed by atoms with Gasteiger partial charge in [0, 0.05) is 37.7 Å². The van der Waals surface area contributed by atoms with E-state index in [2.05, 4.69) is 65.6 Å². The van der Waals surface area contributed by atoms with Crippen molar-refractivity contribution >= 4 is 17.6 Å². The molecule has 0 unspecified atom stereocenters. The maximum atomic E-state index is 13.4. The van der Waals surface area contributed by atoms with E-state index in [1.54, 1.807) is 6.08 Å².